The van der Waals surface area contributed by atoms with Crippen molar-refractivity contribution in [2.24, 2.45) is 5.73 Å². The van der Waals surface area contributed by atoms with Crippen LogP contribution in [-0.4, -0.2) is 18.3 Å². The van der Waals surface area contributed by atoms with Crippen molar-refractivity contribution >= 4 is 15.9 Å². The summed E-state index contributed by atoms with van der Waals surface area (Å²) in [6, 6.07) is 2.20. The average Bonchev–Trinajstić information content (AvgIpc) is 2.28. The van der Waals surface area contributed by atoms with Gasteiger partial charge >= 0.3 is 6.18 Å². The summed E-state index contributed by atoms with van der Waals surface area (Å²) in [4.78, 5) is 0. The van der Waals surface area contributed by atoms with Crippen LogP contribution in [0.2, 0.25) is 0 Å². The molecule has 0 saturated carbocycles. The standard InChI is InChI=1S/C11H12BrF4NO/c1-2-9(17)10(11(14,15)16)18-6-3-4-7(12)8(13)5-6/h3-5,9-10H,2,17H2,1H3. The van der Waals surface area contributed by atoms with Crippen LogP contribution in [-0.2, 0) is 0 Å². The first-order valence-corrected chi connectivity index (χ1v) is 5.99. The van der Waals surface area contributed by atoms with Crippen molar-refractivity contribution in [3.63, 3.8) is 0 Å². The highest BCUT2D eigenvalue weighted by molar-refractivity contribution is 9.10. The second-order valence-corrected chi connectivity index (χ2v) is 4.58. The zero-order valence-electron chi connectivity index (χ0n) is 9.47. The minimum Gasteiger partial charge on any atom is -0.479 e. The number of benzene rings is 1. The highest BCUT2D eigenvalue weighted by Crippen LogP contribution is 2.29. The number of alkyl halides is 3. The summed E-state index contributed by atoms with van der Waals surface area (Å²) in [6.45, 7) is 1.52. The minimum absolute atomic E-state index is 0.100. The quantitative estimate of drug-likeness (QED) is 0.856. The molecule has 0 radical (unpaired) electrons. The van der Waals surface area contributed by atoms with E-state index in [-0.39, 0.29) is 16.6 Å². The van der Waals surface area contributed by atoms with Crippen LogP contribution in [0.25, 0.3) is 0 Å². The zero-order valence-corrected chi connectivity index (χ0v) is 11.1. The molecule has 0 aliphatic rings. The lowest BCUT2D eigenvalue weighted by atomic mass is 10.1. The van der Waals surface area contributed by atoms with Crippen molar-refractivity contribution in [3.05, 3.63) is 28.5 Å². The molecule has 0 aliphatic carbocycles. The number of hydrogen-bond acceptors (Lipinski definition) is 2. The van der Waals surface area contributed by atoms with Gasteiger partial charge < -0.3 is 10.5 Å². The summed E-state index contributed by atoms with van der Waals surface area (Å²) >= 11 is 2.90. The van der Waals surface area contributed by atoms with Crippen LogP contribution in [0, 0.1) is 5.82 Å². The molecule has 0 amide bonds. The van der Waals surface area contributed by atoms with Crippen LogP contribution in [0.4, 0.5) is 17.6 Å². The number of ether oxygens (including phenoxy) is 1. The highest BCUT2D eigenvalue weighted by atomic mass is 79.9. The summed E-state index contributed by atoms with van der Waals surface area (Å²) in [7, 11) is 0. The highest BCUT2D eigenvalue weighted by Gasteiger charge is 2.45. The van der Waals surface area contributed by atoms with Crippen molar-refractivity contribution in [2.75, 3.05) is 0 Å². The van der Waals surface area contributed by atoms with Gasteiger partial charge in [0.25, 0.3) is 0 Å². The summed E-state index contributed by atoms with van der Waals surface area (Å²) in [5.74, 6) is -0.902. The van der Waals surface area contributed by atoms with Crippen molar-refractivity contribution < 1.29 is 22.3 Å². The molecule has 1 aromatic rings. The first-order valence-electron chi connectivity index (χ1n) is 5.19. The molecule has 0 aromatic heterocycles. The predicted octanol–water partition coefficient (Wildman–Crippen LogP) is 3.64. The molecule has 0 spiro atoms. The Labute approximate surface area is 110 Å². The van der Waals surface area contributed by atoms with Crippen LogP contribution < -0.4 is 10.5 Å². The van der Waals surface area contributed by atoms with Gasteiger partial charge in [0.1, 0.15) is 11.6 Å². The van der Waals surface area contributed by atoms with Gasteiger partial charge in [0.2, 0.25) is 6.10 Å². The van der Waals surface area contributed by atoms with Gasteiger partial charge in [0.05, 0.1) is 10.5 Å². The van der Waals surface area contributed by atoms with Crippen LogP contribution in [0.5, 0.6) is 5.75 Å². The third kappa shape index (κ3) is 3.84. The van der Waals surface area contributed by atoms with Gasteiger partial charge in [-0.15, -0.1) is 0 Å². The van der Waals surface area contributed by atoms with Gasteiger partial charge in [0.15, 0.2) is 0 Å². The second kappa shape index (κ2) is 5.88. The Morgan fingerprint density at radius 3 is 2.44 bits per heavy atom. The fourth-order valence-corrected chi connectivity index (χ4v) is 1.55. The molecule has 2 nitrogen and oxygen atoms in total. The predicted molar refractivity (Wildman–Crippen MR) is 62.8 cm³/mol. The molecule has 7 heteroatoms. The number of rotatable bonds is 4. The van der Waals surface area contributed by atoms with Crippen LogP contribution >= 0.6 is 15.9 Å². The zero-order chi connectivity index (χ0) is 13.9. The smallest absolute Gasteiger partial charge is 0.426 e. The van der Waals surface area contributed by atoms with Crippen molar-refractivity contribution in [2.45, 2.75) is 31.7 Å². The van der Waals surface area contributed by atoms with E-state index < -0.39 is 24.1 Å². The number of nitrogens with two attached hydrogens (primary N) is 1. The number of hydrogen-bond donors (Lipinski definition) is 1. The lowest BCUT2D eigenvalue weighted by Crippen LogP contribution is -2.48. The van der Waals surface area contributed by atoms with E-state index in [0.29, 0.717) is 0 Å². The average molecular weight is 330 g/mol. The van der Waals surface area contributed by atoms with E-state index in [1.165, 1.54) is 19.1 Å². The molecule has 0 saturated heterocycles. The van der Waals surface area contributed by atoms with Gasteiger partial charge in [-0.1, -0.05) is 6.92 Å². The molecule has 0 fully saturated rings. The Balaban J connectivity index is 2.93. The van der Waals surface area contributed by atoms with Crippen molar-refractivity contribution in [1.29, 1.82) is 0 Å². The lowest BCUT2D eigenvalue weighted by Gasteiger charge is -2.26. The molecular weight excluding hydrogens is 318 g/mol. The third-order valence-electron chi connectivity index (χ3n) is 2.34. The van der Waals surface area contributed by atoms with Crippen molar-refractivity contribution in [1.82, 2.24) is 0 Å². The molecule has 2 atom stereocenters. The first kappa shape index (κ1) is 15.2. The Kier molecular flexibility index (Phi) is 4.98. The molecule has 0 heterocycles. The fourth-order valence-electron chi connectivity index (χ4n) is 1.31. The largest absolute Gasteiger partial charge is 0.479 e. The van der Waals surface area contributed by atoms with Crippen molar-refractivity contribution in [3.8, 4) is 5.75 Å². The van der Waals surface area contributed by atoms with E-state index in [0.717, 1.165) is 6.07 Å². The Hall–Kier alpha value is -0.820. The minimum atomic E-state index is -4.60. The second-order valence-electron chi connectivity index (χ2n) is 3.73. The molecule has 1 aromatic carbocycles. The summed E-state index contributed by atoms with van der Waals surface area (Å²) in [6.07, 6.45) is -6.65. The van der Waals surface area contributed by atoms with Gasteiger partial charge in [-0.2, -0.15) is 13.2 Å². The van der Waals surface area contributed by atoms with E-state index in [1.807, 2.05) is 0 Å². The molecule has 2 unspecified atom stereocenters. The molecular formula is C11H12BrF4NO. The van der Waals surface area contributed by atoms with E-state index in [9.17, 15) is 17.6 Å². The maximum absolute atomic E-state index is 13.2. The van der Waals surface area contributed by atoms with Crippen LogP contribution in [0.15, 0.2) is 22.7 Å². The third-order valence-corrected chi connectivity index (χ3v) is 2.98. The van der Waals surface area contributed by atoms with E-state index in [4.69, 9.17) is 10.5 Å². The van der Waals surface area contributed by atoms with Crippen LogP contribution in [0.1, 0.15) is 13.3 Å². The summed E-state index contributed by atoms with van der Waals surface area (Å²) in [5.41, 5.74) is 5.37. The molecule has 2 N–H and O–H groups in total. The van der Waals surface area contributed by atoms with Crippen LogP contribution in [0.3, 0.4) is 0 Å². The molecule has 102 valence electrons. The van der Waals surface area contributed by atoms with E-state index in [2.05, 4.69) is 15.9 Å². The van der Waals surface area contributed by atoms with Gasteiger partial charge in [-0.05, 0) is 34.5 Å². The lowest BCUT2D eigenvalue weighted by molar-refractivity contribution is -0.200. The van der Waals surface area contributed by atoms with E-state index >= 15 is 0 Å². The summed E-state index contributed by atoms with van der Waals surface area (Å²) in [5, 5.41) is 0. The van der Waals surface area contributed by atoms with E-state index in [1.54, 1.807) is 0 Å². The Morgan fingerprint density at radius 2 is 2.00 bits per heavy atom. The van der Waals surface area contributed by atoms with Gasteiger partial charge in [0, 0.05) is 6.07 Å². The normalized spacial score (nSPS) is 15.3. The topological polar surface area (TPSA) is 35.2 Å². The Morgan fingerprint density at radius 1 is 1.39 bits per heavy atom. The number of halogens is 5. The molecule has 0 bridgehead atoms. The SMILES string of the molecule is CCC(N)C(Oc1ccc(Br)c(F)c1)C(F)(F)F. The Bertz CT molecular complexity index is 411. The monoisotopic (exact) mass is 329 g/mol. The maximum atomic E-state index is 13.2. The first-order chi connectivity index (χ1) is 8.25. The maximum Gasteiger partial charge on any atom is 0.426 e. The fraction of sp³-hybridized carbons (Fsp3) is 0.455. The van der Waals surface area contributed by atoms with Gasteiger partial charge in [-0.3, -0.25) is 0 Å². The molecule has 18 heavy (non-hydrogen) atoms. The summed E-state index contributed by atoms with van der Waals surface area (Å²) < 4.78 is 56.2. The van der Waals surface area contributed by atoms with Gasteiger partial charge in [-0.25, -0.2) is 4.39 Å². The molecule has 1 rings (SSSR count). The molecule has 0 aliphatic heterocycles.